The van der Waals surface area contributed by atoms with Crippen LogP contribution in [-0.2, 0) is 4.79 Å². The van der Waals surface area contributed by atoms with Crippen molar-refractivity contribution in [1.82, 2.24) is 15.3 Å². The molecule has 0 bridgehead atoms. The van der Waals surface area contributed by atoms with Gasteiger partial charge in [-0.05, 0) is 18.1 Å². The summed E-state index contributed by atoms with van der Waals surface area (Å²) in [6.45, 7) is 1.83. The lowest BCUT2D eigenvalue weighted by Gasteiger charge is -2.13. The van der Waals surface area contributed by atoms with Crippen molar-refractivity contribution in [2.75, 3.05) is 4.90 Å². The summed E-state index contributed by atoms with van der Waals surface area (Å²) in [6, 6.07) is 17.9. The Morgan fingerprint density at radius 3 is 2.54 bits per heavy atom. The van der Waals surface area contributed by atoms with Crippen LogP contribution in [-0.4, -0.2) is 27.9 Å². The van der Waals surface area contributed by atoms with Crippen LogP contribution in [0.1, 0.15) is 13.3 Å². The third-order valence-electron chi connectivity index (χ3n) is 4.43. The molecule has 0 spiro atoms. The molecule has 7 nitrogen and oxygen atoms in total. The zero-order chi connectivity index (χ0) is 19.5. The van der Waals surface area contributed by atoms with Gasteiger partial charge >= 0.3 is 6.03 Å². The number of anilines is 1. The van der Waals surface area contributed by atoms with Crippen LogP contribution in [0.25, 0.3) is 11.1 Å². The van der Waals surface area contributed by atoms with Crippen molar-refractivity contribution >= 4 is 17.9 Å². The summed E-state index contributed by atoms with van der Waals surface area (Å²) < 4.78 is 5.97. The number of carbonyl (C=O) groups excluding carboxylic acids is 2. The first-order chi connectivity index (χ1) is 13.7. The van der Waals surface area contributed by atoms with Gasteiger partial charge in [0.15, 0.2) is 0 Å². The van der Waals surface area contributed by atoms with Crippen molar-refractivity contribution < 1.29 is 14.3 Å². The number of urea groups is 1. The van der Waals surface area contributed by atoms with Crippen LogP contribution in [0, 0.1) is 0 Å². The van der Waals surface area contributed by atoms with Crippen LogP contribution in [0.4, 0.5) is 10.7 Å². The van der Waals surface area contributed by atoms with E-state index in [0.29, 0.717) is 12.2 Å². The Bertz CT molecular complexity index is 1020. The van der Waals surface area contributed by atoms with Crippen molar-refractivity contribution in [2.45, 2.75) is 19.4 Å². The van der Waals surface area contributed by atoms with Crippen LogP contribution in [0.15, 0.2) is 66.9 Å². The highest BCUT2D eigenvalue weighted by Gasteiger charge is 2.39. The van der Waals surface area contributed by atoms with E-state index in [1.54, 1.807) is 6.07 Å². The molecule has 1 atom stereocenters. The Kier molecular flexibility index (Phi) is 4.72. The first-order valence-corrected chi connectivity index (χ1v) is 8.97. The molecule has 28 heavy (non-hydrogen) atoms. The molecule has 2 heterocycles. The molecular formula is C21H18N4O3. The van der Waals surface area contributed by atoms with Crippen molar-refractivity contribution in [3.8, 4) is 22.8 Å². The lowest BCUT2D eigenvalue weighted by atomic mass is 10.1. The van der Waals surface area contributed by atoms with Gasteiger partial charge in [0.2, 0.25) is 11.8 Å². The Hall–Kier alpha value is -3.74. The van der Waals surface area contributed by atoms with Gasteiger partial charge in [0.05, 0.1) is 0 Å². The summed E-state index contributed by atoms with van der Waals surface area (Å²) in [7, 11) is 0. The van der Waals surface area contributed by atoms with E-state index in [9.17, 15) is 9.59 Å². The predicted molar refractivity (Wildman–Crippen MR) is 104 cm³/mol. The van der Waals surface area contributed by atoms with E-state index in [-0.39, 0.29) is 17.7 Å². The number of aromatic nitrogens is 2. The topological polar surface area (TPSA) is 84.4 Å². The summed E-state index contributed by atoms with van der Waals surface area (Å²) in [5, 5.41) is 2.62. The van der Waals surface area contributed by atoms with Crippen LogP contribution in [0.3, 0.4) is 0 Å². The van der Waals surface area contributed by atoms with E-state index in [2.05, 4.69) is 15.3 Å². The van der Waals surface area contributed by atoms with Gasteiger partial charge in [0.25, 0.3) is 5.91 Å². The van der Waals surface area contributed by atoms with Crippen LogP contribution < -0.4 is 15.0 Å². The number of ether oxygens (including phenoxy) is 1. The average Bonchev–Trinajstić information content (AvgIpc) is 3.02. The highest BCUT2D eigenvalue weighted by Crippen LogP contribution is 2.32. The number of para-hydroxylation sites is 1. The molecule has 1 N–H and O–H groups in total. The number of amides is 3. The molecule has 3 amide bonds. The van der Waals surface area contributed by atoms with Gasteiger partial charge in [-0.15, -0.1) is 0 Å². The van der Waals surface area contributed by atoms with Gasteiger partial charge in [-0.1, -0.05) is 55.5 Å². The van der Waals surface area contributed by atoms with Crippen molar-refractivity contribution in [1.29, 1.82) is 0 Å². The molecule has 140 valence electrons. The monoisotopic (exact) mass is 374 g/mol. The van der Waals surface area contributed by atoms with Crippen LogP contribution >= 0.6 is 0 Å². The van der Waals surface area contributed by atoms with Gasteiger partial charge in [0.1, 0.15) is 11.8 Å². The third kappa shape index (κ3) is 3.29. The second-order valence-electron chi connectivity index (χ2n) is 6.24. The van der Waals surface area contributed by atoms with Crippen LogP contribution in [0.2, 0.25) is 0 Å². The zero-order valence-corrected chi connectivity index (χ0v) is 15.2. The second-order valence-corrected chi connectivity index (χ2v) is 6.24. The molecular weight excluding hydrogens is 356 g/mol. The van der Waals surface area contributed by atoms with E-state index >= 15 is 0 Å². The minimum absolute atomic E-state index is 0.00635. The molecule has 1 aliphatic heterocycles. The number of nitrogens with one attached hydrogen (secondary N) is 1. The smallest absolute Gasteiger partial charge is 0.331 e. The number of nitrogens with zero attached hydrogens (tertiary/aromatic N) is 3. The maximum Gasteiger partial charge on any atom is 0.331 e. The zero-order valence-electron chi connectivity index (χ0n) is 15.2. The number of carbonyl (C=O) groups is 2. The standard InChI is InChI=1S/C21H18N4O3/c1-2-16-19(26)25(21(27)23-16)20-22-13-12-18(24-20)28-17-11-7-6-10-15(17)14-8-4-3-5-9-14/h3-13,16H,2H2,1H3,(H,23,27)/t16-/m1/s1. The molecule has 1 saturated heterocycles. The quantitative estimate of drug-likeness (QED) is 0.687. The molecule has 1 aromatic heterocycles. The molecule has 0 radical (unpaired) electrons. The van der Waals surface area contributed by atoms with Crippen LogP contribution in [0.5, 0.6) is 11.6 Å². The average molecular weight is 374 g/mol. The van der Waals surface area contributed by atoms with Gasteiger partial charge in [0, 0.05) is 17.8 Å². The maximum absolute atomic E-state index is 12.4. The lowest BCUT2D eigenvalue weighted by Crippen LogP contribution is -2.32. The van der Waals surface area contributed by atoms with E-state index in [4.69, 9.17) is 4.74 Å². The summed E-state index contributed by atoms with van der Waals surface area (Å²) in [6.07, 6.45) is 1.96. The van der Waals surface area contributed by atoms with Crippen molar-refractivity contribution in [2.24, 2.45) is 0 Å². The number of hydrogen-bond acceptors (Lipinski definition) is 5. The van der Waals surface area contributed by atoms with Gasteiger partial charge in [-0.3, -0.25) is 4.79 Å². The van der Waals surface area contributed by atoms with Crippen molar-refractivity contribution in [3.63, 3.8) is 0 Å². The normalized spacial score (nSPS) is 16.2. The summed E-state index contributed by atoms with van der Waals surface area (Å²) in [5.41, 5.74) is 1.91. The fraction of sp³-hybridized carbons (Fsp3) is 0.143. The van der Waals surface area contributed by atoms with Crippen molar-refractivity contribution in [3.05, 3.63) is 66.9 Å². The molecule has 1 aliphatic rings. The Morgan fingerprint density at radius 2 is 1.79 bits per heavy atom. The third-order valence-corrected chi connectivity index (χ3v) is 4.43. The minimum Gasteiger partial charge on any atom is -0.438 e. The van der Waals surface area contributed by atoms with E-state index in [0.717, 1.165) is 16.0 Å². The van der Waals surface area contributed by atoms with Gasteiger partial charge < -0.3 is 10.1 Å². The largest absolute Gasteiger partial charge is 0.438 e. The van der Waals surface area contributed by atoms with Gasteiger partial charge in [-0.25, -0.2) is 9.78 Å². The molecule has 7 heteroatoms. The molecule has 0 aliphatic carbocycles. The highest BCUT2D eigenvalue weighted by atomic mass is 16.5. The Balaban J connectivity index is 1.64. The lowest BCUT2D eigenvalue weighted by molar-refractivity contribution is -0.118. The Labute approximate surface area is 162 Å². The number of rotatable bonds is 5. The molecule has 4 rings (SSSR count). The first kappa shape index (κ1) is 17.7. The summed E-state index contributed by atoms with van der Waals surface area (Å²) >= 11 is 0. The number of imide groups is 1. The predicted octanol–water partition coefficient (Wildman–Crippen LogP) is 3.77. The summed E-state index contributed by atoms with van der Waals surface area (Å²) in [4.78, 5) is 33.8. The molecule has 0 saturated carbocycles. The molecule has 3 aromatic rings. The molecule has 2 aromatic carbocycles. The van der Waals surface area contributed by atoms with Gasteiger partial charge in [-0.2, -0.15) is 9.88 Å². The summed E-state index contributed by atoms with van der Waals surface area (Å²) in [5.74, 6) is 0.485. The fourth-order valence-electron chi connectivity index (χ4n) is 3.02. The SMILES string of the molecule is CC[C@H]1NC(=O)N(c2nccc(Oc3ccccc3-c3ccccc3)n2)C1=O. The number of hydrogen-bond donors (Lipinski definition) is 1. The first-order valence-electron chi connectivity index (χ1n) is 8.97. The maximum atomic E-state index is 12.4. The molecule has 0 unspecified atom stereocenters. The minimum atomic E-state index is -0.556. The van der Waals surface area contributed by atoms with E-state index < -0.39 is 12.1 Å². The Morgan fingerprint density at radius 1 is 1.04 bits per heavy atom. The number of benzene rings is 2. The fourth-order valence-corrected chi connectivity index (χ4v) is 3.02. The highest BCUT2D eigenvalue weighted by molar-refractivity contribution is 6.20. The molecule has 1 fully saturated rings. The van der Waals surface area contributed by atoms with E-state index in [1.807, 2.05) is 61.5 Å². The van der Waals surface area contributed by atoms with E-state index in [1.165, 1.54) is 6.20 Å². The second kappa shape index (κ2) is 7.48.